The van der Waals surface area contributed by atoms with Gasteiger partial charge in [0, 0.05) is 18.7 Å². The monoisotopic (exact) mass is 351 g/mol. The molecule has 0 saturated carbocycles. The second-order valence-electron chi connectivity index (χ2n) is 6.33. The van der Waals surface area contributed by atoms with Crippen LogP contribution in [0.1, 0.15) is 24.0 Å². The normalized spacial score (nSPS) is 17.3. The van der Waals surface area contributed by atoms with Crippen molar-refractivity contribution in [2.75, 3.05) is 19.9 Å². The van der Waals surface area contributed by atoms with Crippen molar-refractivity contribution in [1.29, 1.82) is 0 Å². The number of benzene rings is 2. The van der Waals surface area contributed by atoms with Crippen LogP contribution in [0.4, 0.5) is 0 Å². The van der Waals surface area contributed by atoms with E-state index in [9.17, 15) is 4.79 Å². The average molecular weight is 351 g/mol. The summed E-state index contributed by atoms with van der Waals surface area (Å²) >= 11 is 0. The summed E-state index contributed by atoms with van der Waals surface area (Å²) in [4.78, 5) is 14.0. The van der Waals surface area contributed by atoms with Crippen molar-refractivity contribution < 1.29 is 19.0 Å². The summed E-state index contributed by atoms with van der Waals surface area (Å²) < 4.78 is 16.5. The molecule has 134 valence electrons. The van der Waals surface area contributed by atoms with E-state index in [2.05, 4.69) is 0 Å². The molecule has 2 aromatic carbocycles. The van der Waals surface area contributed by atoms with E-state index < -0.39 is 0 Å². The molecule has 2 aliphatic heterocycles. The fourth-order valence-electron chi connectivity index (χ4n) is 3.20. The molecule has 2 aromatic rings. The van der Waals surface area contributed by atoms with E-state index in [1.165, 1.54) is 0 Å². The third-order valence-electron chi connectivity index (χ3n) is 4.54. The highest BCUT2D eigenvalue weighted by molar-refractivity contribution is 5.83. The van der Waals surface area contributed by atoms with Gasteiger partial charge in [0.15, 0.2) is 11.5 Å². The second kappa shape index (κ2) is 7.62. The zero-order valence-corrected chi connectivity index (χ0v) is 14.5. The van der Waals surface area contributed by atoms with Crippen molar-refractivity contribution in [2.24, 2.45) is 0 Å². The number of allylic oxidation sites excluding steroid dienone is 1. The SMILES string of the molecule is O=C1CC/C(=C\c2ccc3c(c2)OCO3)N1CCOCc1ccccc1. The molecular formula is C21H21NO4. The maximum absolute atomic E-state index is 12.2. The largest absolute Gasteiger partial charge is 0.454 e. The first kappa shape index (κ1) is 16.7. The minimum absolute atomic E-state index is 0.153. The standard InChI is InChI=1S/C21H21NO4/c23-21-9-7-18(12-17-6-8-19-20(13-17)26-15-25-19)22(21)10-11-24-14-16-4-2-1-3-5-16/h1-6,8,12-13H,7,9-11,14-15H2/b18-12+. The summed E-state index contributed by atoms with van der Waals surface area (Å²) in [5.41, 5.74) is 3.17. The van der Waals surface area contributed by atoms with Gasteiger partial charge in [0.05, 0.1) is 13.2 Å². The van der Waals surface area contributed by atoms with Gasteiger partial charge in [-0.1, -0.05) is 36.4 Å². The molecule has 2 aliphatic rings. The highest BCUT2D eigenvalue weighted by Gasteiger charge is 2.25. The number of hydrogen-bond acceptors (Lipinski definition) is 4. The number of fused-ring (bicyclic) bond motifs is 1. The quantitative estimate of drug-likeness (QED) is 0.746. The van der Waals surface area contributed by atoms with E-state index in [1.807, 2.05) is 59.5 Å². The van der Waals surface area contributed by atoms with E-state index in [4.69, 9.17) is 14.2 Å². The molecule has 5 nitrogen and oxygen atoms in total. The summed E-state index contributed by atoms with van der Waals surface area (Å²) in [5.74, 6) is 1.67. The van der Waals surface area contributed by atoms with E-state index in [0.717, 1.165) is 34.7 Å². The number of carbonyl (C=O) groups excluding carboxylic acids is 1. The van der Waals surface area contributed by atoms with Crippen molar-refractivity contribution in [3.63, 3.8) is 0 Å². The van der Waals surface area contributed by atoms with Crippen LogP contribution in [-0.2, 0) is 16.1 Å². The van der Waals surface area contributed by atoms with Gasteiger partial charge >= 0.3 is 0 Å². The fourth-order valence-corrected chi connectivity index (χ4v) is 3.20. The summed E-state index contributed by atoms with van der Waals surface area (Å²) in [7, 11) is 0. The Hall–Kier alpha value is -2.79. The maximum atomic E-state index is 12.2. The summed E-state index contributed by atoms with van der Waals surface area (Å²) in [5, 5.41) is 0. The molecule has 4 rings (SSSR count). The summed E-state index contributed by atoms with van der Waals surface area (Å²) in [6, 6.07) is 15.9. The topological polar surface area (TPSA) is 48.0 Å². The van der Waals surface area contributed by atoms with Gasteiger partial charge in [0.2, 0.25) is 12.7 Å². The highest BCUT2D eigenvalue weighted by Crippen LogP contribution is 2.34. The number of likely N-dealkylation sites (tertiary alicyclic amines) is 1. The third-order valence-corrected chi connectivity index (χ3v) is 4.54. The van der Waals surface area contributed by atoms with Crippen molar-refractivity contribution in [3.8, 4) is 11.5 Å². The van der Waals surface area contributed by atoms with Crippen molar-refractivity contribution in [2.45, 2.75) is 19.4 Å². The molecule has 26 heavy (non-hydrogen) atoms. The van der Waals surface area contributed by atoms with Crippen LogP contribution in [0.3, 0.4) is 0 Å². The van der Waals surface area contributed by atoms with E-state index in [1.54, 1.807) is 0 Å². The first-order valence-electron chi connectivity index (χ1n) is 8.82. The Morgan fingerprint density at radius 1 is 1.04 bits per heavy atom. The lowest BCUT2D eigenvalue weighted by Crippen LogP contribution is -2.27. The smallest absolute Gasteiger partial charge is 0.231 e. The molecule has 5 heteroatoms. The minimum atomic E-state index is 0.153. The van der Waals surface area contributed by atoms with Gasteiger partial charge in [-0.2, -0.15) is 0 Å². The molecule has 0 aromatic heterocycles. The maximum Gasteiger partial charge on any atom is 0.231 e. The molecule has 0 atom stereocenters. The Morgan fingerprint density at radius 2 is 1.88 bits per heavy atom. The second-order valence-corrected chi connectivity index (χ2v) is 6.33. The first-order chi connectivity index (χ1) is 12.8. The number of ether oxygens (including phenoxy) is 3. The zero-order chi connectivity index (χ0) is 17.8. The van der Waals surface area contributed by atoms with Crippen LogP contribution in [0.5, 0.6) is 11.5 Å². The molecule has 1 fully saturated rings. The summed E-state index contributed by atoms with van der Waals surface area (Å²) in [6.07, 6.45) is 3.35. The highest BCUT2D eigenvalue weighted by atomic mass is 16.7. The molecule has 2 heterocycles. The van der Waals surface area contributed by atoms with E-state index in [-0.39, 0.29) is 12.7 Å². The van der Waals surface area contributed by atoms with Gasteiger partial charge in [0.25, 0.3) is 0 Å². The predicted octanol–water partition coefficient (Wildman–Crippen LogP) is 3.60. The minimum Gasteiger partial charge on any atom is -0.454 e. The van der Waals surface area contributed by atoms with Crippen LogP contribution in [0, 0.1) is 0 Å². The van der Waals surface area contributed by atoms with Crippen LogP contribution in [0.25, 0.3) is 6.08 Å². The predicted molar refractivity (Wildman–Crippen MR) is 97.6 cm³/mol. The molecule has 0 bridgehead atoms. The first-order valence-corrected chi connectivity index (χ1v) is 8.82. The Bertz CT molecular complexity index is 816. The molecule has 0 spiro atoms. The zero-order valence-electron chi connectivity index (χ0n) is 14.5. The molecule has 0 radical (unpaired) electrons. The molecule has 0 aliphatic carbocycles. The molecule has 1 amide bonds. The Kier molecular flexibility index (Phi) is 4.88. The Morgan fingerprint density at radius 3 is 2.77 bits per heavy atom. The van der Waals surface area contributed by atoms with Gasteiger partial charge in [-0.15, -0.1) is 0 Å². The molecular weight excluding hydrogens is 330 g/mol. The van der Waals surface area contributed by atoms with Crippen LogP contribution in [-0.4, -0.2) is 30.8 Å². The van der Waals surface area contributed by atoms with Gasteiger partial charge < -0.3 is 19.1 Å². The van der Waals surface area contributed by atoms with Crippen molar-refractivity contribution >= 4 is 12.0 Å². The summed E-state index contributed by atoms with van der Waals surface area (Å²) in [6.45, 7) is 1.91. The van der Waals surface area contributed by atoms with E-state index >= 15 is 0 Å². The number of nitrogens with zero attached hydrogens (tertiary/aromatic N) is 1. The van der Waals surface area contributed by atoms with Crippen LogP contribution in [0.15, 0.2) is 54.2 Å². The fraction of sp³-hybridized carbons (Fsp3) is 0.286. The molecule has 1 saturated heterocycles. The number of amides is 1. The molecule has 0 unspecified atom stereocenters. The van der Waals surface area contributed by atoms with Crippen LogP contribution < -0.4 is 9.47 Å². The average Bonchev–Trinajstić information content (AvgIpc) is 3.27. The van der Waals surface area contributed by atoms with Gasteiger partial charge in [0.1, 0.15) is 0 Å². The molecule has 0 N–H and O–H groups in total. The van der Waals surface area contributed by atoms with Crippen LogP contribution >= 0.6 is 0 Å². The van der Waals surface area contributed by atoms with Gasteiger partial charge in [-0.25, -0.2) is 0 Å². The van der Waals surface area contributed by atoms with E-state index in [0.29, 0.717) is 26.2 Å². The number of rotatable bonds is 6. The third kappa shape index (κ3) is 3.73. The van der Waals surface area contributed by atoms with Crippen molar-refractivity contribution in [3.05, 3.63) is 65.4 Å². The number of hydrogen-bond donors (Lipinski definition) is 0. The lowest BCUT2D eigenvalue weighted by atomic mass is 10.1. The van der Waals surface area contributed by atoms with Gasteiger partial charge in [-0.3, -0.25) is 4.79 Å². The van der Waals surface area contributed by atoms with Crippen molar-refractivity contribution in [1.82, 2.24) is 4.90 Å². The Labute approximate surface area is 152 Å². The Balaban J connectivity index is 1.37. The lowest BCUT2D eigenvalue weighted by molar-refractivity contribution is -0.127. The van der Waals surface area contributed by atoms with Gasteiger partial charge in [-0.05, 0) is 35.8 Å². The van der Waals surface area contributed by atoms with Crippen LogP contribution in [0.2, 0.25) is 0 Å². The lowest BCUT2D eigenvalue weighted by Gasteiger charge is -2.18. The number of carbonyl (C=O) groups is 1.